The van der Waals surface area contributed by atoms with Gasteiger partial charge in [0.1, 0.15) is 0 Å². The number of hydrogen-bond acceptors (Lipinski definition) is 6. The number of rotatable bonds is 11. The first-order chi connectivity index (χ1) is 9.12. The molecule has 0 rings (SSSR count). The van der Waals surface area contributed by atoms with Crippen molar-refractivity contribution in [2.24, 2.45) is 0 Å². The highest BCUT2D eigenvalue weighted by molar-refractivity contribution is 8.76. The van der Waals surface area contributed by atoms with Crippen LogP contribution in [0.2, 0.25) is 0 Å². The first kappa shape index (κ1) is 20.5. The van der Waals surface area contributed by atoms with Gasteiger partial charge in [0.05, 0.1) is 10.5 Å². The molecule has 0 heterocycles. The molecular formula is C10H22O6S4. The van der Waals surface area contributed by atoms with Crippen LogP contribution >= 0.6 is 21.6 Å². The molecule has 122 valence electrons. The van der Waals surface area contributed by atoms with Crippen LogP contribution in [-0.4, -0.2) is 47.9 Å². The van der Waals surface area contributed by atoms with Gasteiger partial charge in [0.15, 0.2) is 0 Å². The first-order valence-corrected chi connectivity index (χ1v) is 11.8. The molecule has 0 fully saturated rings. The normalized spacial score (nSPS) is 16.0. The Balaban J connectivity index is 3.88. The minimum atomic E-state index is -3.98. The van der Waals surface area contributed by atoms with E-state index < -0.39 is 30.7 Å². The van der Waals surface area contributed by atoms with Crippen molar-refractivity contribution in [3.63, 3.8) is 0 Å². The van der Waals surface area contributed by atoms with Gasteiger partial charge in [-0.3, -0.25) is 9.11 Å². The summed E-state index contributed by atoms with van der Waals surface area (Å²) >= 11 is 0. The van der Waals surface area contributed by atoms with Crippen molar-refractivity contribution in [2.45, 2.75) is 50.0 Å². The molecule has 2 N–H and O–H groups in total. The standard InChI is InChI=1S/C10H22O6S4/c1-3-9(19(11,12)13)5-7-17-18-8-6-10(4-2)20(14,15)16/h9-10H,3-8H2,1-2H3,(H,11,12,13)(H,14,15,16). The molecule has 0 aromatic carbocycles. The third-order valence-electron chi connectivity index (χ3n) is 2.88. The van der Waals surface area contributed by atoms with Gasteiger partial charge >= 0.3 is 0 Å². The molecule has 6 nitrogen and oxygen atoms in total. The lowest BCUT2D eigenvalue weighted by atomic mass is 10.3. The summed E-state index contributed by atoms with van der Waals surface area (Å²) in [5, 5.41) is -1.48. The Hall–Kier alpha value is 0.520. The van der Waals surface area contributed by atoms with Crippen LogP contribution in [0.3, 0.4) is 0 Å². The third-order valence-corrected chi connectivity index (χ3v) is 8.18. The smallest absolute Gasteiger partial charge is 0.267 e. The minimum absolute atomic E-state index is 0.364. The van der Waals surface area contributed by atoms with Crippen LogP contribution < -0.4 is 0 Å². The summed E-state index contributed by atoms with van der Waals surface area (Å²) in [6.07, 6.45) is 1.46. The second kappa shape index (κ2) is 9.52. The zero-order valence-corrected chi connectivity index (χ0v) is 14.8. The Morgan fingerprint density at radius 1 is 0.800 bits per heavy atom. The lowest BCUT2D eigenvalue weighted by Gasteiger charge is -2.12. The molecule has 10 heteroatoms. The van der Waals surface area contributed by atoms with Gasteiger partial charge in [-0.15, -0.1) is 0 Å². The Labute approximate surface area is 129 Å². The van der Waals surface area contributed by atoms with E-state index in [-0.39, 0.29) is 0 Å². The summed E-state index contributed by atoms with van der Waals surface area (Å²) in [5.74, 6) is 1.12. The highest BCUT2D eigenvalue weighted by atomic mass is 33.1. The molecule has 0 bridgehead atoms. The van der Waals surface area contributed by atoms with Crippen molar-refractivity contribution >= 4 is 41.8 Å². The molecule has 2 atom stereocenters. The summed E-state index contributed by atoms with van der Waals surface area (Å²) in [5.41, 5.74) is 0. The van der Waals surface area contributed by atoms with E-state index in [9.17, 15) is 16.8 Å². The van der Waals surface area contributed by atoms with Crippen molar-refractivity contribution < 1.29 is 25.9 Å². The Morgan fingerprint density at radius 3 is 1.30 bits per heavy atom. The zero-order valence-electron chi connectivity index (χ0n) is 11.6. The third kappa shape index (κ3) is 8.73. The molecule has 0 amide bonds. The second-order valence-corrected chi connectivity index (χ2v) is 10.4. The predicted octanol–water partition coefficient (Wildman–Crippen LogP) is 2.48. The number of hydrogen-bond donors (Lipinski definition) is 2. The monoisotopic (exact) mass is 366 g/mol. The van der Waals surface area contributed by atoms with E-state index >= 15 is 0 Å². The molecule has 0 spiro atoms. The fourth-order valence-corrected chi connectivity index (χ4v) is 5.86. The summed E-state index contributed by atoms with van der Waals surface area (Å²) in [6, 6.07) is 0. The Kier molecular flexibility index (Phi) is 9.77. The molecular weight excluding hydrogens is 344 g/mol. The minimum Gasteiger partial charge on any atom is -0.285 e. The Morgan fingerprint density at radius 2 is 1.10 bits per heavy atom. The van der Waals surface area contributed by atoms with E-state index in [0.717, 1.165) is 0 Å². The van der Waals surface area contributed by atoms with Crippen molar-refractivity contribution in [2.75, 3.05) is 11.5 Å². The largest absolute Gasteiger partial charge is 0.285 e. The predicted molar refractivity (Wildman–Crippen MR) is 85.4 cm³/mol. The van der Waals surface area contributed by atoms with Gasteiger partial charge in [0.2, 0.25) is 0 Å². The quantitative estimate of drug-likeness (QED) is 0.326. The molecule has 0 aromatic rings. The SMILES string of the molecule is CCC(CCSSCCC(CC)S(=O)(=O)O)S(=O)(=O)O. The van der Waals surface area contributed by atoms with Gasteiger partial charge in [-0.1, -0.05) is 35.4 Å². The summed E-state index contributed by atoms with van der Waals surface area (Å²) < 4.78 is 61.7. The fourth-order valence-electron chi connectivity index (χ4n) is 1.60. The van der Waals surface area contributed by atoms with Gasteiger partial charge in [0, 0.05) is 11.5 Å². The molecule has 0 aliphatic carbocycles. The highest BCUT2D eigenvalue weighted by Crippen LogP contribution is 2.26. The molecule has 0 saturated carbocycles. The fraction of sp³-hybridized carbons (Fsp3) is 1.00. The molecule has 0 radical (unpaired) electrons. The molecule has 0 saturated heterocycles. The van der Waals surface area contributed by atoms with Crippen molar-refractivity contribution in [1.82, 2.24) is 0 Å². The Bertz CT molecular complexity index is 414. The van der Waals surface area contributed by atoms with E-state index in [1.54, 1.807) is 13.8 Å². The van der Waals surface area contributed by atoms with Gasteiger partial charge in [-0.05, 0) is 25.7 Å². The topological polar surface area (TPSA) is 109 Å². The van der Waals surface area contributed by atoms with Crippen molar-refractivity contribution in [3.05, 3.63) is 0 Å². The van der Waals surface area contributed by atoms with Crippen LogP contribution in [0.5, 0.6) is 0 Å². The lowest BCUT2D eigenvalue weighted by Crippen LogP contribution is -2.20. The molecule has 20 heavy (non-hydrogen) atoms. The van der Waals surface area contributed by atoms with E-state index in [0.29, 0.717) is 37.2 Å². The first-order valence-electron chi connectivity index (χ1n) is 6.29. The van der Waals surface area contributed by atoms with Crippen LogP contribution in [0.4, 0.5) is 0 Å². The van der Waals surface area contributed by atoms with Crippen molar-refractivity contribution in [1.29, 1.82) is 0 Å². The van der Waals surface area contributed by atoms with Gasteiger partial charge in [-0.2, -0.15) is 16.8 Å². The van der Waals surface area contributed by atoms with Crippen LogP contribution in [-0.2, 0) is 20.2 Å². The molecule has 0 aliphatic heterocycles. The van der Waals surface area contributed by atoms with Crippen LogP contribution in [0, 0.1) is 0 Å². The van der Waals surface area contributed by atoms with E-state index in [2.05, 4.69) is 0 Å². The maximum absolute atomic E-state index is 11.0. The van der Waals surface area contributed by atoms with Crippen LogP contribution in [0.1, 0.15) is 39.5 Å². The summed E-state index contributed by atoms with van der Waals surface area (Å²) in [7, 11) is -5.08. The van der Waals surface area contributed by atoms with Gasteiger partial charge < -0.3 is 0 Å². The molecule has 2 unspecified atom stereocenters. The van der Waals surface area contributed by atoms with Crippen LogP contribution in [0.15, 0.2) is 0 Å². The van der Waals surface area contributed by atoms with Gasteiger partial charge in [0.25, 0.3) is 20.2 Å². The lowest BCUT2D eigenvalue weighted by molar-refractivity contribution is 0.460. The summed E-state index contributed by atoms with van der Waals surface area (Å²) in [6.45, 7) is 3.41. The summed E-state index contributed by atoms with van der Waals surface area (Å²) in [4.78, 5) is 0. The van der Waals surface area contributed by atoms with Crippen LogP contribution in [0.25, 0.3) is 0 Å². The average Bonchev–Trinajstić information content (AvgIpc) is 2.29. The average molecular weight is 367 g/mol. The molecule has 0 aliphatic rings. The van der Waals surface area contributed by atoms with Crippen molar-refractivity contribution in [3.8, 4) is 0 Å². The molecule has 0 aromatic heterocycles. The maximum Gasteiger partial charge on any atom is 0.267 e. The zero-order chi connectivity index (χ0) is 15.8. The van der Waals surface area contributed by atoms with E-state index in [1.165, 1.54) is 21.6 Å². The van der Waals surface area contributed by atoms with Gasteiger partial charge in [-0.25, -0.2) is 0 Å². The second-order valence-electron chi connectivity index (χ2n) is 4.31. The highest BCUT2D eigenvalue weighted by Gasteiger charge is 2.21. The van der Waals surface area contributed by atoms with E-state index in [4.69, 9.17) is 9.11 Å². The van der Waals surface area contributed by atoms with E-state index in [1.807, 2.05) is 0 Å². The maximum atomic E-state index is 11.0.